The van der Waals surface area contributed by atoms with Gasteiger partial charge in [-0.1, -0.05) is 0 Å². The monoisotopic (exact) mass is 684 g/mol. The molecule has 0 aliphatic carbocycles. The minimum atomic E-state index is -0.232. The van der Waals surface area contributed by atoms with E-state index in [1.54, 1.807) is 56.1 Å². The number of benzene rings is 1. The smallest absolute Gasteiger partial charge is 0.262 e. The van der Waals surface area contributed by atoms with Crippen LogP contribution in [0, 0.1) is 0 Å². The second kappa shape index (κ2) is 9.36. The minimum absolute atomic E-state index is 0.231. The molecule has 214 valence electrons. The lowest BCUT2D eigenvalue weighted by atomic mass is 10.1. The molecule has 0 unspecified atom stereocenters. The summed E-state index contributed by atoms with van der Waals surface area (Å²) < 4.78 is 2.42. The lowest BCUT2D eigenvalue weighted by Crippen LogP contribution is -2.24. The first-order chi connectivity index (χ1) is 21.3. The van der Waals surface area contributed by atoms with Crippen molar-refractivity contribution in [3.8, 4) is 39.0 Å². The Morgan fingerprint density at radius 1 is 0.477 bits per heavy atom. The highest BCUT2D eigenvalue weighted by Crippen LogP contribution is 2.48. The third-order valence-corrected chi connectivity index (χ3v) is 15.1. The molecule has 0 N–H and O–H groups in total. The minimum Gasteiger partial charge on any atom is -0.277 e. The molecule has 4 amide bonds. The van der Waals surface area contributed by atoms with Gasteiger partial charge in [0.1, 0.15) is 0 Å². The molecule has 0 bridgehead atoms. The Bertz CT molecular complexity index is 2210. The lowest BCUT2D eigenvalue weighted by molar-refractivity contribution is 0.0678. The van der Waals surface area contributed by atoms with Gasteiger partial charge in [-0.25, -0.2) is 0 Å². The van der Waals surface area contributed by atoms with E-state index in [1.807, 2.05) is 12.1 Å². The van der Waals surface area contributed by atoms with Crippen LogP contribution >= 0.6 is 68.0 Å². The van der Waals surface area contributed by atoms with Crippen molar-refractivity contribution in [1.29, 1.82) is 0 Å². The van der Waals surface area contributed by atoms with Gasteiger partial charge in [-0.3, -0.25) is 29.0 Å². The first-order valence-electron chi connectivity index (χ1n) is 13.3. The van der Waals surface area contributed by atoms with Crippen molar-refractivity contribution in [2.24, 2.45) is 0 Å². The maximum atomic E-state index is 12.7. The molecule has 0 radical (unpaired) electrons. The van der Waals surface area contributed by atoms with E-state index in [0.29, 0.717) is 22.3 Å². The Kier molecular flexibility index (Phi) is 5.66. The summed E-state index contributed by atoms with van der Waals surface area (Å²) in [6.07, 6.45) is 0. The van der Waals surface area contributed by atoms with Crippen LogP contribution in [-0.4, -0.2) is 47.5 Å². The van der Waals surface area contributed by atoms with E-state index in [4.69, 9.17) is 0 Å². The highest BCUT2D eigenvalue weighted by atomic mass is 32.1. The van der Waals surface area contributed by atoms with Gasteiger partial charge in [-0.2, -0.15) is 0 Å². The summed E-state index contributed by atoms with van der Waals surface area (Å²) >= 11 is 9.70. The van der Waals surface area contributed by atoms with Crippen molar-refractivity contribution in [3.63, 3.8) is 0 Å². The van der Waals surface area contributed by atoms with Crippen LogP contribution in [0.2, 0.25) is 0 Å². The van der Waals surface area contributed by atoms with Crippen molar-refractivity contribution >= 4 is 112 Å². The SMILES string of the molecule is CN1C(=O)c2csc(-c3ccc(-c4cc5cc6sc(-c7ccc(-c8scc9c8C(=O)N(C)C9=O)s7)cc6cc5s4)s3)c2C1=O. The van der Waals surface area contributed by atoms with E-state index in [1.165, 1.54) is 76.5 Å². The summed E-state index contributed by atoms with van der Waals surface area (Å²) in [5.74, 6) is -0.926. The van der Waals surface area contributed by atoms with Crippen molar-refractivity contribution < 1.29 is 19.2 Å². The van der Waals surface area contributed by atoms with Gasteiger partial charge >= 0.3 is 0 Å². The van der Waals surface area contributed by atoms with E-state index >= 15 is 0 Å². The molecule has 7 aromatic rings. The number of fused-ring (bicyclic) bond motifs is 4. The quantitative estimate of drug-likeness (QED) is 0.173. The van der Waals surface area contributed by atoms with Gasteiger partial charge in [0.05, 0.1) is 32.0 Å². The predicted octanol–water partition coefficient (Wildman–Crippen LogP) is 9.48. The average Bonchev–Trinajstić information content (AvgIpc) is 3.86. The number of imide groups is 2. The molecule has 9 rings (SSSR count). The van der Waals surface area contributed by atoms with Crippen molar-refractivity contribution in [2.45, 2.75) is 0 Å². The predicted molar refractivity (Wildman–Crippen MR) is 183 cm³/mol. The van der Waals surface area contributed by atoms with Crippen LogP contribution in [0.3, 0.4) is 0 Å². The van der Waals surface area contributed by atoms with Crippen LogP contribution < -0.4 is 0 Å². The van der Waals surface area contributed by atoms with Crippen LogP contribution in [0.5, 0.6) is 0 Å². The maximum Gasteiger partial charge on any atom is 0.262 e. The van der Waals surface area contributed by atoms with E-state index in [0.717, 1.165) is 29.3 Å². The standard InChI is InChI=1S/C32H16N2O4S6/c1-33-29(35)15-11-39-27(25(15)31(33)37)19-5-3-17(41-19)23-9-13-7-22-14(8-21(13)43-23)10-24(44-22)18-4-6-20(42-18)28-26-16(12-40-28)30(36)34(2)32(26)38/h3-12H,1-2H3. The number of carbonyl (C=O) groups is 4. The van der Waals surface area contributed by atoms with E-state index in [-0.39, 0.29) is 23.6 Å². The zero-order valence-electron chi connectivity index (χ0n) is 22.8. The molecule has 0 atom stereocenters. The first kappa shape index (κ1) is 26.6. The Labute approximate surface area is 273 Å². The van der Waals surface area contributed by atoms with Gasteiger partial charge in [0.15, 0.2) is 0 Å². The van der Waals surface area contributed by atoms with E-state index in [9.17, 15) is 19.2 Å². The summed E-state index contributed by atoms with van der Waals surface area (Å²) in [6, 6.07) is 17.2. The van der Waals surface area contributed by atoms with Crippen LogP contribution in [0.15, 0.2) is 59.3 Å². The van der Waals surface area contributed by atoms with Crippen LogP contribution in [0.25, 0.3) is 59.2 Å². The van der Waals surface area contributed by atoms with E-state index in [2.05, 4.69) is 36.4 Å². The largest absolute Gasteiger partial charge is 0.277 e. The van der Waals surface area contributed by atoms with Gasteiger partial charge in [-0.15, -0.1) is 68.0 Å². The number of hydrogen-bond donors (Lipinski definition) is 0. The number of carbonyl (C=O) groups excluding carboxylic acids is 4. The van der Waals surface area contributed by atoms with Gasteiger partial charge in [-0.05, 0) is 59.3 Å². The van der Waals surface area contributed by atoms with Crippen LogP contribution in [0.1, 0.15) is 41.4 Å². The Hall–Kier alpha value is -3.78. The van der Waals surface area contributed by atoms with Gasteiger partial charge in [0.25, 0.3) is 23.6 Å². The van der Waals surface area contributed by atoms with Crippen molar-refractivity contribution in [3.05, 3.63) is 81.5 Å². The Morgan fingerprint density at radius 3 is 1.32 bits per heavy atom. The first-order valence-corrected chi connectivity index (χ1v) is 18.4. The molecule has 0 spiro atoms. The van der Waals surface area contributed by atoms with Gasteiger partial charge in [0, 0.05) is 63.5 Å². The second-order valence-electron chi connectivity index (χ2n) is 10.5. The van der Waals surface area contributed by atoms with Crippen molar-refractivity contribution in [1.82, 2.24) is 9.80 Å². The molecule has 6 aromatic heterocycles. The second-order valence-corrected chi connectivity index (χ2v) is 16.6. The third kappa shape index (κ3) is 3.66. The number of nitrogens with zero attached hydrogens (tertiary/aromatic N) is 2. The van der Waals surface area contributed by atoms with Gasteiger partial charge in [0.2, 0.25) is 0 Å². The highest BCUT2D eigenvalue weighted by Gasteiger charge is 2.38. The number of rotatable bonds is 4. The average molecular weight is 685 g/mol. The number of amides is 4. The number of hydrogen-bond acceptors (Lipinski definition) is 10. The molecule has 6 nitrogen and oxygen atoms in total. The molecule has 0 fully saturated rings. The molecule has 1 aromatic carbocycles. The molecule has 44 heavy (non-hydrogen) atoms. The maximum absolute atomic E-state index is 12.7. The lowest BCUT2D eigenvalue weighted by Gasteiger charge is -2.04. The molecule has 8 heterocycles. The summed E-state index contributed by atoms with van der Waals surface area (Å²) in [6.45, 7) is 0. The van der Waals surface area contributed by atoms with E-state index < -0.39 is 0 Å². The molecule has 2 aliphatic heterocycles. The fourth-order valence-electron chi connectivity index (χ4n) is 5.70. The highest BCUT2D eigenvalue weighted by molar-refractivity contribution is 7.29. The Morgan fingerprint density at radius 2 is 0.886 bits per heavy atom. The van der Waals surface area contributed by atoms with Crippen LogP contribution in [0.4, 0.5) is 0 Å². The molecular weight excluding hydrogens is 669 g/mol. The number of thiophene rings is 6. The summed E-state index contributed by atoms with van der Waals surface area (Å²) in [5.41, 5.74) is 2.05. The molecule has 12 heteroatoms. The summed E-state index contributed by atoms with van der Waals surface area (Å²) in [5, 5.41) is 5.96. The van der Waals surface area contributed by atoms with Crippen molar-refractivity contribution in [2.75, 3.05) is 14.1 Å². The molecule has 0 saturated carbocycles. The zero-order valence-corrected chi connectivity index (χ0v) is 27.6. The topological polar surface area (TPSA) is 74.8 Å². The molecular formula is C32H16N2O4S6. The third-order valence-electron chi connectivity index (χ3n) is 7.99. The van der Waals surface area contributed by atoms with Gasteiger partial charge < -0.3 is 0 Å². The zero-order chi connectivity index (χ0) is 30.0. The molecule has 0 saturated heterocycles. The fourth-order valence-corrected chi connectivity index (χ4v) is 12.4. The summed E-state index contributed by atoms with van der Waals surface area (Å²) in [7, 11) is 3.06. The summed E-state index contributed by atoms with van der Waals surface area (Å²) in [4.78, 5) is 60.8. The van der Waals surface area contributed by atoms with Crippen LogP contribution in [-0.2, 0) is 0 Å². The molecule has 2 aliphatic rings. The fraction of sp³-hybridized carbons (Fsp3) is 0.0625. The normalized spacial score (nSPS) is 14.7. The Balaban J connectivity index is 1.02.